The van der Waals surface area contributed by atoms with E-state index in [1.165, 1.54) is 11.8 Å². The van der Waals surface area contributed by atoms with Crippen molar-refractivity contribution in [3.05, 3.63) is 41.7 Å². The number of hydrogen-bond donors (Lipinski definition) is 1. The first kappa shape index (κ1) is 16.0. The van der Waals surface area contributed by atoms with Crippen LogP contribution in [0.3, 0.4) is 0 Å². The van der Waals surface area contributed by atoms with Gasteiger partial charge in [0, 0.05) is 38.3 Å². The first-order valence-electron chi connectivity index (χ1n) is 8.18. The number of aromatic nitrogens is 3. The van der Waals surface area contributed by atoms with Crippen LogP contribution < -0.4 is 4.90 Å². The molecule has 0 aliphatic carbocycles. The van der Waals surface area contributed by atoms with Gasteiger partial charge in [0.25, 0.3) is 0 Å². The number of para-hydroxylation sites is 1. The molecule has 1 aliphatic rings. The van der Waals surface area contributed by atoms with Gasteiger partial charge in [0.05, 0.1) is 23.5 Å². The molecule has 130 valence electrons. The molecule has 1 aliphatic heterocycles. The fraction of sp³-hybridized carbons (Fsp3) is 0.353. The number of nitrogens with zero attached hydrogens (tertiary/aromatic N) is 4. The minimum atomic E-state index is -0.374. The molecule has 1 saturated heterocycles. The molecule has 0 atom stereocenters. The summed E-state index contributed by atoms with van der Waals surface area (Å²) in [4.78, 5) is 21.1. The Morgan fingerprint density at radius 1 is 1.28 bits per heavy atom. The zero-order valence-electron chi connectivity index (χ0n) is 13.9. The Bertz CT molecular complexity index is 849. The maximum absolute atomic E-state index is 11.7. The van der Waals surface area contributed by atoms with Crippen LogP contribution in [0.4, 0.5) is 5.13 Å². The first-order chi connectivity index (χ1) is 12.2. The van der Waals surface area contributed by atoms with Gasteiger partial charge in [-0.15, -0.1) is 0 Å². The van der Waals surface area contributed by atoms with Gasteiger partial charge in [-0.05, 0) is 12.1 Å². The summed E-state index contributed by atoms with van der Waals surface area (Å²) in [6.07, 6.45) is 1.70. The molecule has 3 heterocycles. The second kappa shape index (κ2) is 6.81. The highest BCUT2D eigenvalue weighted by molar-refractivity contribution is 7.22. The molecule has 8 heteroatoms. The molecular weight excluding hydrogens is 338 g/mol. The smallest absolute Gasteiger partial charge is 0.356 e. The van der Waals surface area contributed by atoms with Crippen molar-refractivity contribution in [3.8, 4) is 0 Å². The van der Waals surface area contributed by atoms with Crippen molar-refractivity contribution in [2.75, 3.05) is 38.2 Å². The molecule has 2 aromatic heterocycles. The predicted octanol–water partition coefficient (Wildman–Crippen LogP) is 2.13. The van der Waals surface area contributed by atoms with Gasteiger partial charge in [-0.3, -0.25) is 10.00 Å². The van der Waals surface area contributed by atoms with E-state index in [-0.39, 0.29) is 5.97 Å². The molecule has 3 aromatic rings. The number of carbonyl (C=O) groups is 1. The molecule has 0 unspecified atom stereocenters. The SMILES string of the molecule is COC(=O)c1[nH]ncc1CN1CCN(c2nc3ccccc3s2)CC1. The van der Waals surface area contributed by atoms with Crippen molar-refractivity contribution < 1.29 is 9.53 Å². The van der Waals surface area contributed by atoms with E-state index in [0.29, 0.717) is 12.2 Å². The maximum Gasteiger partial charge on any atom is 0.356 e. The lowest BCUT2D eigenvalue weighted by atomic mass is 10.2. The third kappa shape index (κ3) is 3.22. The molecule has 0 radical (unpaired) electrons. The zero-order valence-corrected chi connectivity index (χ0v) is 14.8. The molecule has 0 amide bonds. The summed E-state index contributed by atoms with van der Waals surface area (Å²) in [6.45, 7) is 4.37. The van der Waals surface area contributed by atoms with Crippen LogP contribution >= 0.6 is 11.3 Å². The van der Waals surface area contributed by atoms with Crippen LogP contribution in [0, 0.1) is 0 Å². The van der Waals surface area contributed by atoms with Crippen molar-refractivity contribution in [2.24, 2.45) is 0 Å². The van der Waals surface area contributed by atoms with E-state index in [1.54, 1.807) is 17.5 Å². The van der Waals surface area contributed by atoms with E-state index in [4.69, 9.17) is 9.72 Å². The Labute approximate surface area is 149 Å². The van der Waals surface area contributed by atoms with Gasteiger partial charge in [-0.1, -0.05) is 23.5 Å². The number of nitrogens with one attached hydrogen (secondary N) is 1. The van der Waals surface area contributed by atoms with Gasteiger partial charge in [0.2, 0.25) is 0 Å². The lowest BCUT2D eigenvalue weighted by molar-refractivity contribution is 0.0591. The number of hydrogen-bond acceptors (Lipinski definition) is 7. The number of methoxy groups -OCH3 is 1. The number of carbonyl (C=O) groups excluding carboxylic acids is 1. The average molecular weight is 357 g/mol. The topological polar surface area (TPSA) is 74.4 Å². The summed E-state index contributed by atoms with van der Waals surface area (Å²) in [5.41, 5.74) is 2.38. The van der Waals surface area contributed by atoms with Crippen molar-refractivity contribution in [3.63, 3.8) is 0 Å². The minimum Gasteiger partial charge on any atom is -0.464 e. The second-order valence-corrected chi connectivity index (χ2v) is 7.00. The molecule has 0 bridgehead atoms. The van der Waals surface area contributed by atoms with Crippen LogP contribution in [-0.2, 0) is 11.3 Å². The summed E-state index contributed by atoms with van der Waals surface area (Å²) in [6, 6.07) is 8.23. The van der Waals surface area contributed by atoms with E-state index in [1.807, 2.05) is 12.1 Å². The quantitative estimate of drug-likeness (QED) is 0.721. The Balaban J connectivity index is 1.40. The summed E-state index contributed by atoms with van der Waals surface area (Å²) in [5.74, 6) is -0.374. The van der Waals surface area contributed by atoms with Crippen LogP contribution in [0.5, 0.6) is 0 Å². The van der Waals surface area contributed by atoms with Crippen LogP contribution in [0.2, 0.25) is 0 Å². The highest BCUT2D eigenvalue weighted by Gasteiger charge is 2.22. The number of esters is 1. The van der Waals surface area contributed by atoms with Gasteiger partial charge in [-0.2, -0.15) is 5.10 Å². The number of anilines is 1. The summed E-state index contributed by atoms with van der Waals surface area (Å²) >= 11 is 1.74. The maximum atomic E-state index is 11.7. The Hall–Kier alpha value is -2.45. The highest BCUT2D eigenvalue weighted by atomic mass is 32.1. The third-order valence-electron chi connectivity index (χ3n) is 4.43. The largest absolute Gasteiger partial charge is 0.464 e. The molecule has 1 N–H and O–H groups in total. The molecule has 4 rings (SSSR count). The van der Waals surface area contributed by atoms with E-state index >= 15 is 0 Å². The molecular formula is C17H19N5O2S. The second-order valence-electron chi connectivity index (χ2n) is 5.99. The number of thiazole rings is 1. The zero-order chi connectivity index (χ0) is 17.2. The van der Waals surface area contributed by atoms with E-state index < -0.39 is 0 Å². The molecule has 7 nitrogen and oxygen atoms in total. The third-order valence-corrected chi connectivity index (χ3v) is 5.52. The number of aromatic amines is 1. The highest BCUT2D eigenvalue weighted by Crippen LogP contribution is 2.29. The van der Waals surface area contributed by atoms with Crippen molar-refractivity contribution in [1.82, 2.24) is 20.1 Å². The van der Waals surface area contributed by atoms with Gasteiger partial charge < -0.3 is 9.64 Å². The Morgan fingerprint density at radius 2 is 2.08 bits per heavy atom. The lowest BCUT2D eigenvalue weighted by Crippen LogP contribution is -2.46. The van der Waals surface area contributed by atoms with Crippen LogP contribution in [0.1, 0.15) is 16.1 Å². The number of ether oxygens (including phenoxy) is 1. The number of H-pyrrole nitrogens is 1. The summed E-state index contributed by atoms with van der Waals surface area (Å²) in [7, 11) is 1.38. The van der Waals surface area contributed by atoms with Gasteiger partial charge in [-0.25, -0.2) is 9.78 Å². The fourth-order valence-electron chi connectivity index (χ4n) is 3.04. The van der Waals surface area contributed by atoms with Gasteiger partial charge >= 0.3 is 5.97 Å². The monoisotopic (exact) mass is 357 g/mol. The van der Waals surface area contributed by atoms with Crippen molar-refractivity contribution in [1.29, 1.82) is 0 Å². The van der Waals surface area contributed by atoms with Gasteiger partial charge in [0.1, 0.15) is 5.69 Å². The number of benzene rings is 1. The van der Waals surface area contributed by atoms with E-state index in [0.717, 1.165) is 42.4 Å². The van der Waals surface area contributed by atoms with Crippen molar-refractivity contribution in [2.45, 2.75) is 6.54 Å². The van der Waals surface area contributed by atoms with Crippen LogP contribution in [0.15, 0.2) is 30.5 Å². The Morgan fingerprint density at radius 3 is 2.84 bits per heavy atom. The standard InChI is InChI=1S/C17H19N5O2S/c1-24-16(23)15-12(10-18-20-15)11-21-6-8-22(9-7-21)17-19-13-4-2-3-5-14(13)25-17/h2-5,10H,6-9,11H2,1H3,(H,18,20). The first-order valence-corrected chi connectivity index (χ1v) is 8.99. The number of piperazine rings is 1. The molecule has 0 saturated carbocycles. The van der Waals surface area contributed by atoms with Crippen LogP contribution in [-0.4, -0.2) is 59.3 Å². The van der Waals surface area contributed by atoms with E-state index in [9.17, 15) is 4.79 Å². The van der Waals surface area contributed by atoms with Gasteiger partial charge in [0.15, 0.2) is 5.13 Å². The predicted molar refractivity (Wildman–Crippen MR) is 97.0 cm³/mol. The summed E-state index contributed by atoms with van der Waals surface area (Å²) in [5, 5.41) is 7.78. The van der Waals surface area contributed by atoms with Crippen molar-refractivity contribution >= 4 is 32.7 Å². The average Bonchev–Trinajstić information content (AvgIpc) is 3.28. The molecule has 0 spiro atoms. The minimum absolute atomic E-state index is 0.374. The Kier molecular flexibility index (Phi) is 4.37. The van der Waals surface area contributed by atoms with E-state index in [2.05, 4.69) is 32.1 Å². The molecule has 1 aromatic carbocycles. The molecule has 1 fully saturated rings. The fourth-order valence-corrected chi connectivity index (χ4v) is 4.06. The lowest BCUT2D eigenvalue weighted by Gasteiger charge is -2.34. The normalized spacial score (nSPS) is 15.6. The van der Waals surface area contributed by atoms with Crippen LogP contribution in [0.25, 0.3) is 10.2 Å². The number of rotatable bonds is 4. The number of fused-ring (bicyclic) bond motifs is 1. The summed E-state index contributed by atoms with van der Waals surface area (Å²) < 4.78 is 6.01. The molecule has 25 heavy (non-hydrogen) atoms.